The van der Waals surface area contributed by atoms with Crippen LogP contribution in [0.1, 0.15) is 60.0 Å². The number of nitrogens with one attached hydrogen (secondary N) is 1. The van der Waals surface area contributed by atoms with Crippen molar-refractivity contribution in [2.45, 2.75) is 75.8 Å². The Morgan fingerprint density at radius 1 is 1.11 bits per heavy atom. The molecule has 28 heavy (non-hydrogen) atoms. The van der Waals surface area contributed by atoms with E-state index in [4.69, 9.17) is 5.73 Å². The highest BCUT2D eigenvalue weighted by Crippen LogP contribution is 2.38. The van der Waals surface area contributed by atoms with Gasteiger partial charge in [0.25, 0.3) is 5.91 Å². The predicted molar refractivity (Wildman–Crippen MR) is 102 cm³/mol. The van der Waals surface area contributed by atoms with Gasteiger partial charge in [0, 0.05) is 43.2 Å². The molecule has 1 saturated heterocycles. The van der Waals surface area contributed by atoms with Gasteiger partial charge in [-0.1, -0.05) is 18.2 Å². The molecule has 1 aromatic carbocycles. The molecule has 0 radical (unpaired) electrons. The molecule has 3 amide bonds. The molecule has 2 aliphatic carbocycles. The van der Waals surface area contributed by atoms with E-state index in [9.17, 15) is 14.4 Å². The second-order valence-corrected chi connectivity index (χ2v) is 8.64. The normalized spacial score (nSPS) is 29.7. The van der Waals surface area contributed by atoms with Crippen LogP contribution in [0.15, 0.2) is 18.2 Å². The zero-order chi connectivity index (χ0) is 19.4. The van der Waals surface area contributed by atoms with Crippen molar-refractivity contribution >= 4 is 17.7 Å². The van der Waals surface area contributed by atoms with Gasteiger partial charge in [-0.25, -0.2) is 0 Å². The minimum absolute atomic E-state index is 0.0823. The Bertz CT molecular complexity index is 844. The SMILES string of the molecule is NC1CC(N(Cc2cccc3c2C(=O)N(C2CCC(=O)NC2=O)C3)C2CC2)C1. The fourth-order valence-corrected chi connectivity index (χ4v) is 4.88. The molecule has 2 saturated carbocycles. The number of imide groups is 1. The molecule has 1 atom stereocenters. The fraction of sp³-hybridized carbons (Fsp3) is 0.571. The third-order valence-electron chi connectivity index (χ3n) is 6.63. The number of piperidine rings is 1. The summed E-state index contributed by atoms with van der Waals surface area (Å²) in [6, 6.07) is 6.89. The number of carbonyl (C=O) groups excluding carboxylic acids is 3. The highest BCUT2D eigenvalue weighted by Gasteiger charge is 2.42. The summed E-state index contributed by atoms with van der Waals surface area (Å²) in [5, 5.41) is 2.37. The highest BCUT2D eigenvalue weighted by molar-refractivity contribution is 6.05. The van der Waals surface area contributed by atoms with Gasteiger partial charge in [0.15, 0.2) is 0 Å². The Kier molecular flexibility index (Phi) is 4.25. The average Bonchev–Trinajstić information content (AvgIpc) is 3.42. The summed E-state index contributed by atoms with van der Waals surface area (Å²) in [4.78, 5) is 41.1. The van der Waals surface area contributed by atoms with Crippen LogP contribution in [0.25, 0.3) is 0 Å². The summed E-state index contributed by atoms with van der Waals surface area (Å²) in [5.41, 5.74) is 8.78. The lowest BCUT2D eigenvalue weighted by molar-refractivity contribution is -0.136. The fourth-order valence-electron chi connectivity index (χ4n) is 4.88. The van der Waals surface area contributed by atoms with Gasteiger partial charge in [-0.05, 0) is 43.2 Å². The van der Waals surface area contributed by atoms with Crippen molar-refractivity contribution in [2.24, 2.45) is 5.73 Å². The number of nitrogens with zero attached hydrogens (tertiary/aromatic N) is 2. The van der Waals surface area contributed by atoms with Crippen LogP contribution in [0, 0.1) is 0 Å². The van der Waals surface area contributed by atoms with Crippen LogP contribution in [-0.4, -0.2) is 51.7 Å². The van der Waals surface area contributed by atoms with Gasteiger partial charge in [0.2, 0.25) is 11.8 Å². The van der Waals surface area contributed by atoms with Crippen molar-refractivity contribution in [3.63, 3.8) is 0 Å². The molecule has 3 N–H and O–H groups in total. The van der Waals surface area contributed by atoms with Crippen LogP contribution in [0.5, 0.6) is 0 Å². The monoisotopic (exact) mass is 382 g/mol. The van der Waals surface area contributed by atoms with E-state index in [1.165, 1.54) is 12.8 Å². The first kappa shape index (κ1) is 17.8. The van der Waals surface area contributed by atoms with Gasteiger partial charge >= 0.3 is 0 Å². The Morgan fingerprint density at radius 2 is 1.89 bits per heavy atom. The highest BCUT2D eigenvalue weighted by atomic mass is 16.2. The predicted octanol–water partition coefficient (Wildman–Crippen LogP) is 0.902. The average molecular weight is 382 g/mol. The third kappa shape index (κ3) is 3.02. The van der Waals surface area contributed by atoms with E-state index < -0.39 is 6.04 Å². The Labute approximate surface area is 164 Å². The topological polar surface area (TPSA) is 95.7 Å². The molecule has 1 aromatic rings. The maximum Gasteiger partial charge on any atom is 0.255 e. The molecule has 4 aliphatic rings. The Hall–Kier alpha value is -2.25. The standard InChI is InChI=1S/C21H26N4O3/c22-14-8-16(9-14)24(15-4-5-15)10-12-2-1-3-13-11-25(21(28)19(12)13)17-6-7-18(26)23-20(17)27/h1-3,14-17H,4-11,22H2,(H,23,26,27). The zero-order valence-corrected chi connectivity index (χ0v) is 15.9. The van der Waals surface area contributed by atoms with E-state index in [2.05, 4.69) is 10.2 Å². The molecule has 3 fully saturated rings. The van der Waals surface area contributed by atoms with Crippen LogP contribution < -0.4 is 11.1 Å². The zero-order valence-electron chi connectivity index (χ0n) is 15.9. The van der Waals surface area contributed by atoms with Crippen molar-refractivity contribution in [1.82, 2.24) is 15.1 Å². The van der Waals surface area contributed by atoms with Crippen LogP contribution in [0.3, 0.4) is 0 Å². The number of rotatable bonds is 5. The molecule has 0 spiro atoms. The number of amides is 3. The van der Waals surface area contributed by atoms with Crippen molar-refractivity contribution in [3.8, 4) is 0 Å². The lowest BCUT2D eigenvalue weighted by atomic mass is 9.85. The summed E-state index contributed by atoms with van der Waals surface area (Å²) >= 11 is 0. The lowest BCUT2D eigenvalue weighted by Gasteiger charge is -2.42. The quantitative estimate of drug-likeness (QED) is 0.738. The largest absolute Gasteiger partial charge is 0.328 e. The van der Waals surface area contributed by atoms with Gasteiger partial charge in [-0.2, -0.15) is 0 Å². The molecule has 7 nitrogen and oxygen atoms in total. The number of carbonyl (C=O) groups is 3. The Morgan fingerprint density at radius 3 is 2.57 bits per heavy atom. The number of benzene rings is 1. The molecular formula is C21H26N4O3. The number of nitrogens with two attached hydrogens (primary N) is 1. The first-order valence-corrected chi connectivity index (χ1v) is 10.3. The summed E-state index contributed by atoms with van der Waals surface area (Å²) in [5.74, 6) is -0.701. The van der Waals surface area contributed by atoms with E-state index in [-0.39, 0.29) is 24.1 Å². The summed E-state index contributed by atoms with van der Waals surface area (Å²) in [7, 11) is 0. The Balaban J connectivity index is 1.38. The molecule has 5 rings (SSSR count). The van der Waals surface area contributed by atoms with Gasteiger partial charge < -0.3 is 10.6 Å². The second kappa shape index (κ2) is 6.67. The maximum atomic E-state index is 13.2. The van der Waals surface area contributed by atoms with Crippen LogP contribution >= 0.6 is 0 Å². The van der Waals surface area contributed by atoms with Gasteiger partial charge in [0.05, 0.1) is 0 Å². The first-order chi connectivity index (χ1) is 13.5. The first-order valence-electron chi connectivity index (χ1n) is 10.3. The van der Waals surface area contributed by atoms with E-state index in [1.807, 2.05) is 18.2 Å². The molecule has 148 valence electrons. The summed E-state index contributed by atoms with van der Waals surface area (Å²) < 4.78 is 0. The van der Waals surface area contributed by atoms with Gasteiger partial charge in [-0.3, -0.25) is 24.6 Å². The molecule has 0 bridgehead atoms. The summed E-state index contributed by atoms with van der Waals surface area (Å²) in [6.07, 6.45) is 5.17. The van der Waals surface area contributed by atoms with Crippen molar-refractivity contribution in [3.05, 3.63) is 34.9 Å². The van der Waals surface area contributed by atoms with Gasteiger partial charge in [0.1, 0.15) is 6.04 Å². The minimum atomic E-state index is -0.561. The van der Waals surface area contributed by atoms with Crippen LogP contribution in [0.2, 0.25) is 0 Å². The molecule has 0 aromatic heterocycles. The second-order valence-electron chi connectivity index (χ2n) is 8.64. The van der Waals surface area contributed by atoms with Crippen LogP contribution in [-0.2, 0) is 22.7 Å². The lowest BCUT2D eigenvalue weighted by Crippen LogP contribution is -2.52. The molecular weight excluding hydrogens is 356 g/mol. The third-order valence-corrected chi connectivity index (χ3v) is 6.63. The van der Waals surface area contributed by atoms with E-state index in [1.54, 1.807) is 4.90 Å². The molecule has 7 heteroatoms. The van der Waals surface area contributed by atoms with Crippen molar-refractivity contribution in [2.75, 3.05) is 0 Å². The van der Waals surface area contributed by atoms with E-state index in [0.29, 0.717) is 31.1 Å². The van der Waals surface area contributed by atoms with Crippen LogP contribution in [0.4, 0.5) is 0 Å². The summed E-state index contributed by atoms with van der Waals surface area (Å²) in [6.45, 7) is 1.20. The van der Waals surface area contributed by atoms with Crippen molar-refractivity contribution in [1.29, 1.82) is 0 Å². The molecule has 2 heterocycles. The molecule has 2 aliphatic heterocycles. The smallest absolute Gasteiger partial charge is 0.255 e. The maximum absolute atomic E-state index is 13.2. The van der Waals surface area contributed by atoms with E-state index in [0.717, 1.165) is 36.1 Å². The number of hydrogen-bond donors (Lipinski definition) is 2. The van der Waals surface area contributed by atoms with Gasteiger partial charge in [-0.15, -0.1) is 0 Å². The molecule has 1 unspecified atom stereocenters. The minimum Gasteiger partial charge on any atom is -0.328 e. The number of hydrogen-bond acceptors (Lipinski definition) is 5. The van der Waals surface area contributed by atoms with Crippen molar-refractivity contribution < 1.29 is 14.4 Å². The number of fused-ring (bicyclic) bond motifs is 1. The van der Waals surface area contributed by atoms with E-state index >= 15 is 0 Å².